The number of amides is 1. The summed E-state index contributed by atoms with van der Waals surface area (Å²) < 4.78 is 14.5. The van der Waals surface area contributed by atoms with Gasteiger partial charge < -0.3 is 10.4 Å². The summed E-state index contributed by atoms with van der Waals surface area (Å²) in [4.78, 5) is 23.6. The highest BCUT2D eigenvalue weighted by Gasteiger charge is 2.24. The lowest BCUT2D eigenvalue weighted by Crippen LogP contribution is -2.42. The fourth-order valence-electron chi connectivity index (χ4n) is 2.40. The molecule has 1 aromatic carbocycles. The Labute approximate surface area is 144 Å². The molecule has 1 amide bonds. The SMILES string of the molecule is Cc1c(C(=O)N[C@@H](CC(C)C)C(=O)O)nnn1Cc1ccc(F)cc1. The number of nitrogens with zero attached hydrogens (tertiary/aromatic N) is 3. The highest BCUT2D eigenvalue weighted by Crippen LogP contribution is 2.11. The molecule has 2 N–H and O–H groups in total. The molecule has 0 aliphatic rings. The van der Waals surface area contributed by atoms with E-state index in [1.807, 2.05) is 13.8 Å². The zero-order valence-electron chi connectivity index (χ0n) is 14.4. The summed E-state index contributed by atoms with van der Waals surface area (Å²) in [6, 6.07) is 4.96. The molecule has 0 saturated heterocycles. The maximum atomic E-state index is 13.0. The van der Waals surface area contributed by atoms with Crippen LogP contribution >= 0.6 is 0 Å². The molecule has 7 nitrogen and oxygen atoms in total. The first-order valence-electron chi connectivity index (χ1n) is 7.96. The van der Waals surface area contributed by atoms with Gasteiger partial charge in [0.2, 0.25) is 0 Å². The van der Waals surface area contributed by atoms with Gasteiger partial charge in [0.25, 0.3) is 5.91 Å². The molecule has 2 rings (SSSR count). The zero-order chi connectivity index (χ0) is 18.6. The van der Waals surface area contributed by atoms with E-state index in [4.69, 9.17) is 0 Å². The van der Waals surface area contributed by atoms with Crippen molar-refractivity contribution in [3.8, 4) is 0 Å². The Morgan fingerprint density at radius 3 is 2.48 bits per heavy atom. The molecule has 1 heterocycles. The lowest BCUT2D eigenvalue weighted by atomic mass is 10.0. The lowest BCUT2D eigenvalue weighted by Gasteiger charge is -2.15. The van der Waals surface area contributed by atoms with Gasteiger partial charge in [0.1, 0.15) is 11.9 Å². The number of aliphatic carboxylic acids is 1. The fraction of sp³-hybridized carbons (Fsp3) is 0.412. The van der Waals surface area contributed by atoms with Crippen molar-refractivity contribution in [2.75, 3.05) is 0 Å². The van der Waals surface area contributed by atoms with E-state index >= 15 is 0 Å². The first-order valence-corrected chi connectivity index (χ1v) is 7.96. The second-order valence-corrected chi connectivity index (χ2v) is 6.30. The van der Waals surface area contributed by atoms with Crippen molar-refractivity contribution < 1.29 is 19.1 Å². The molecule has 134 valence electrons. The van der Waals surface area contributed by atoms with Crippen LogP contribution in [0.3, 0.4) is 0 Å². The zero-order valence-corrected chi connectivity index (χ0v) is 14.4. The fourth-order valence-corrected chi connectivity index (χ4v) is 2.40. The van der Waals surface area contributed by atoms with E-state index in [0.29, 0.717) is 18.7 Å². The second-order valence-electron chi connectivity index (χ2n) is 6.30. The van der Waals surface area contributed by atoms with Crippen LogP contribution in [0.5, 0.6) is 0 Å². The monoisotopic (exact) mass is 348 g/mol. The van der Waals surface area contributed by atoms with Gasteiger partial charge in [-0.15, -0.1) is 5.10 Å². The van der Waals surface area contributed by atoms with E-state index in [1.165, 1.54) is 16.8 Å². The molecule has 8 heteroatoms. The number of benzene rings is 1. The molecule has 0 aliphatic carbocycles. The topological polar surface area (TPSA) is 97.1 Å². The van der Waals surface area contributed by atoms with Crippen LogP contribution in [0.4, 0.5) is 4.39 Å². The van der Waals surface area contributed by atoms with Crippen molar-refractivity contribution in [1.29, 1.82) is 0 Å². The van der Waals surface area contributed by atoms with Crippen LogP contribution in [0.15, 0.2) is 24.3 Å². The predicted octanol–water partition coefficient (Wildman–Crippen LogP) is 2.00. The summed E-state index contributed by atoms with van der Waals surface area (Å²) in [5.74, 6) is -1.87. The van der Waals surface area contributed by atoms with Crippen molar-refractivity contribution in [1.82, 2.24) is 20.3 Å². The summed E-state index contributed by atoms with van der Waals surface area (Å²) in [6.07, 6.45) is 0.323. The minimum absolute atomic E-state index is 0.0807. The van der Waals surface area contributed by atoms with E-state index in [9.17, 15) is 19.1 Å². The largest absolute Gasteiger partial charge is 0.480 e. The Hall–Kier alpha value is -2.77. The third-order valence-corrected chi connectivity index (χ3v) is 3.75. The molecule has 0 fully saturated rings. The van der Waals surface area contributed by atoms with Gasteiger partial charge in [-0.05, 0) is 37.0 Å². The Balaban J connectivity index is 2.12. The summed E-state index contributed by atoms with van der Waals surface area (Å²) in [7, 11) is 0. The average Bonchev–Trinajstić information content (AvgIpc) is 2.89. The van der Waals surface area contributed by atoms with Gasteiger partial charge in [-0.3, -0.25) is 4.79 Å². The summed E-state index contributed by atoms with van der Waals surface area (Å²) in [5.41, 5.74) is 1.40. The molecule has 0 bridgehead atoms. The number of carboxylic acid groups (broad SMARTS) is 1. The van der Waals surface area contributed by atoms with E-state index in [-0.39, 0.29) is 17.4 Å². The highest BCUT2D eigenvalue weighted by molar-refractivity contribution is 5.95. The number of carboxylic acids is 1. The third-order valence-electron chi connectivity index (χ3n) is 3.75. The van der Waals surface area contributed by atoms with Crippen molar-refractivity contribution >= 4 is 11.9 Å². The van der Waals surface area contributed by atoms with Crippen LogP contribution in [0.25, 0.3) is 0 Å². The number of rotatable bonds is 7. The minimum atomic E-state index is -1.08. The van der Waals surface area contributed by atoms with E-state index in [0.717, 1.165) is 5.56 Å². The van der Waals surface area contributed by atoms with Crippen molar-refractivity contribution in [3.63, 3.8) is 0 Å². The molecule has 2 aromatic rings. The Morgan fingerprint density at radius 1 is 1.28 bits per heavy atom. The van der Waals surface area contributed by atoms with Gasteiger partial charge in [-0.25, -0.2) is 13.9 Å². The minimum Gasteiger partial charge on any atom is -0.480 e. The van der Waals surface area contributed by atoms with Crippen LogP contribution in [0.1, 0.15) is 42.0 Å². The molecule has 0 saturated carbocycles. The molecule has 1 atom stereocenters. The van der Waals surface area contributed by atoms with E-state index in [1.54, 1.807) is 19.1 Å². The van der Waals surface area contributed by atoms with Gasteiger partial charge >= 0.3 is 5.97 Å². The Kier molecular flexibility index (Phi) is 5.84. The molecular weight excluding hydrogens is 327 g/mol. The van der Waals surface area contributed by atoms with Gasteiger partial charge in [-0.2, -0.15) is 0 Å². The van der Waals surface area contributed by atoms with E-state index < -0.39 is 17.9 Å². The van der Waals surface area contributed by atoms with E-state index in [2.05, 4.69) is 15.6 Å². The molecule has 0 radical (unpaired) electrons. The second kappa shape index (κ2) is 7.87. The van der Waals surface area contributed by atoms with Gasteiger partial charge in [0.05, 0.1) is 12.2 Å². The first-order chi connectivity index (χ1) is 11.8. The highest BCUT2D eigenvalue weighted by atomic mass is 19.1. The molecule has 0 spiro atoms. The van der Waals surface area contributed by atoms with Crippen molar-refractivity contribution in [2.24, 2.45) is 5.92 Å². The summed E-state index contributed by atoms with van der Waals surface area (Å²) >= 11 is 0. The van der Waals surface area contributed by atoms with Gasteiger partial charge in [0.15, 0.2) is 5.69 Å². The number of carbonyl (C=O) groups excluding carboxylic acids is 1. The molecule has 0 unspecified atom stereocenters. The van der Waals surface area contributed by atoms with Crippen LogP contribution in [0.2, 0.25) is 0 Å². The number of aromatic nitrogens is 3. The quantitative estimate of drug-likeness (QED) is 0.798. The van der Waals surface area contributed by atoms with Gasteiger partial charge in [0, 0.05) is 0 Å². The lowest BCUT2D eigenvalue weighted by molar-refractivity contribution is -0.139. The number of halogens is 1. The van der Waals surface area contributed by atoms with Crippen LogP contribution in [-0.2, 0) is 11.3 Å². The number of hydrogen-bond donors (Lipinski definition) is 2. The maximum Gasteiger partial charge on any atom is 0.326 e. The Bertz CT molecular complexity index is 756. The number of carbonyl (C=O) groups is 2. The summed E-state index contributed by atoms with van der Waals surface area (Å²) in [6.45, 7) is 5.77. The standard InChI is InChI=1S/C17H21FN4O3/c1-10(2)8-14(17(24)25)19-16(23)15-11(3)22(21-20-15)9-12-4-6-13(18)7-5-12/h4-7,10,14H,8-9H2,1-3H3,(H,19,23)(H,24,25)/t14-/m0/s1. The maximum absolute atomic E-state index is 13.0. The number of hydrogen-bond acceptors (Lipinski definition) is 4. The molecule has 25 heavy (non-hydrogen) atoms. The Morgan fingerprint density at radius 2 is 1.92 bits per heavy atom. The van der Waals surface area contributed by atoms with Crippen LogP contribution < -0.4 is 5.32 Å². The van der Waals surface area contributed by atoms with Crippen LogP contribution in [-0.4, -0.2) is 38.0 Å². The first kappa shape index (κ1) is 18.6. The normalized spacial score (nSPS) is 12.2. The van der Waals surface area contributed by atoms with Crippen molar-refractivity contribution in [3.05, 3.63) is 47.0 Å². The molecular formula is C17H21FN4O3. The van der Waals surface area contributed by atoms with Crippen molar-refractivity contribution in [2.45, 2.75) is 39.8 Å². The third kappa shape index (κ3) is 4.85. The van der Waals surface area contributed by atoms with Crippen LogP contribution in [0, 0.1) is 18.7 Å². The predicted molar refractivity (Wildman–Crippen MR) is 88.6 cm³/mol. The summed E-state index contributed by atoms with van der Waals surface area (Å²) in [5, 5.41) is 19.5. The molecule has 1 aromatic heterocycles. The molecule has 0 aliphatic heterocycles. The van der Waals surface area contributed by atoms with Gasteiger partial charge in [-0.1, -0.05) is 31.2 Å². The number of nitrogens with one attached hydrogen (secondary N) is 1. The average molecular weight is 348 g/mol. The smallest absolute Gasteiger partial charge is 0.326 e.